The monoisotopic (exact) mass is 316 g/mol. The lowest BCUT2D eigenvalue weighted by Gasteiger charge is -2.20. The molecule has 17 heavy (non-hydrogen) atoms. The normalized spacial score (nSPS) is 13.2. The molecule has 0 aliphatic rings. The molecule has 0 aromatic heterocycles. The lowest BCUT2D eigenvalue weighted by atomic mass is 10.1. The Morgan fingerprint density at radius 3 is 2.35 bits per heavy atom. The summed E-state index contributed by atoms with van der Waals surface area (Å²) in [6.07, 6.45) is 0.280. The molecule has 0 saturated carbocycles. The Morgan fingerprint density at radius 2 is 1.88 bits per heavy atom. The van der Waals surface area contributed by atoms with Crippen LogP contribution in [0.2, 0.25) is 0 Å². The third-order valence-corrected chi connectivity index (χ3v) is 3.04. The third-order valence-electron chi connectivity index (χ3n) is 2.03. The highest BCUT2D eigenvalue weighted by atomic mass is 79.9. The first-order valence-electron chi connectivity index (χ1n) is 5.43. The molecule has 1 atom stereocenters. The van der Waals surface area contributed by atoms with Gasteiger partial charge in [-0.15, -0.1) is 0 Å². The number of esters is 1. The molecule has 1 rings (SSSR count). The summed E-state index contributed by atoms with van der Waals surface area (Å²) >= 11 is 7.80. The molecular formula is C13H17BrO2S. The minimum Gasteiger partial charge on any atom is -0.460 e. The van der Waals surface area contributed by atoms with Gasteiger partial charge in [-0.2, -0.15) is 12.6 Å². The van der Waals surface area contributed by atoms with Gasteiger partial charge in [0.1, 0.15) is 5.60 Å². The topological polar surface area (TPSA) is 26.3 Å². The highest BCUT2D eigenvalue weighted by Crippen LogP contribution is 2.26. The average Bonchev–Trinajstić information content (AvgIpc) is 2.15. The molecule has 94 valence electrons. The van der Waals surface area contributed by atoms with Crippen LogP contribution in [-0.4, -0.2) is 11.6 Å². The van der Waals surface area contributed by atoms with Gasteiger partial charge < -0.3 is 4.74 Å². The quantitative estimate of drug-likeness (QED) is 0.669. The zero-order valence-electron chi connectivity index (χ0n) is 10.2. The summed E-state index contributed by atoms with van der Waals surface area (Å²) in [5.74, 6) is -0.222. The molecule has 1 aromatic rings. The highest BCUT2D eigenvalue weighted by Gasteiger charge is 2.19. The van der Waals surface area contributed by atoms with Crippen molar-refractivity contribution in [3.8, 4) is 0 Å². The molecule has 0 aliphatic carbocycles. The number of hydrogen-bond acceptors (Lipinski definition) is 3. The van der Waals surface area contributed by atoms with Gasteiger partial charge in [0.15, 0.2) is 0 Å². The van der Waals surface area contributed by atoms with Gasteiger partial charge in [0.25, 0.3) is 0 Å². The minimum absolute atomic E-state index is 0.127. The van der Waals surface area contributed by atoms with Gasteiger partial charge in [-0.25, -0.2) is 0 Å². The van der Waals surface area contributed by atoms with Crippen LogP contribution in [0.15, 0.2) is 28.7 Å². The van der Waals surface area contributed by atoms with E-state index in [9.17, 15) is 4.79 Å². The van der Waals surface area contributed by atoms with Crippen LogP contribution < -0.4 is 0 Å². The van der Waals surface area contributed by atoms with Crippen LogP contribution in [0, 0.1) is 0 Å². The Balaban J connectivity index is 2.57. The standard InChI is InChI=1S/C13H17BrO2S/c1-13(2,3)16-12(15)8-11(17)9-4-6-10(14)7-5-9/h4-7,11,17H,8H2,1-3H3. The fourth-order valence-electron chi connectivity index (χ4n) is 1.34. The number of rotatable bonds is 3. The van der Waals surface area contributed by atoms with Gasteiger partial charge in [0.2, 0.25) is 0 Å². The highest BCUT2D eigenvalue weighted by molar-refractivity contribution is 9.10. The van der Waals surface area contributed by atoms with E-state index in [1.54, 1.807) is 0 Å². The first kappa shape index (κ1) is 14.6. The molecule has 0 heterocycles. The van der Waals surface area contributed by atoms with Crippen molar-refractivity contribution >= 4 is 34.5 Å². The maximum Gasteiger partial charge on any atom is 0.307 e. The Bertz CT molecular complexity index is 381. The third kappa shape index (κ3) is 5.59. The molecule has 2 nitrogen and oxygen atoms in total. The molecule has 0 aliphatic heterocycles. The van der Waals surface area contributed by atoms with Crippen molar-refractivity contribution in [2.75, 3.05) is 0 Å². The van der Waals surface area contributed by atoms with Crippen molar-refractivity contribution in [3.63, 3.8) is 0 Å². The second-order valence-corrected chi connectivity index (χ2v) is 6.40. The summed E-state index contributed by atoms with van der Waals surface area (Å²) in [5.41, 5.74) is 0.576. The lowest BCUT2D eigenvalue weighted by Crippen LogP contribution is -2.24. The summed E-state index contributed by atoms with van der Waals surface area (Å²) < 4.78 is 6.27. The van der Waals surface area contributed by atoms with E-state index in [0.29, 0.717) is 0 Å². The first-order valence-corrected chi connectivity index (χ1v) is 6.74. The van der Waals surface area contributed by atoms with Gasteiger partial charge in [0, 0.05) is 9.72 Å². The molecule has 4 heteroatoms. The van der Waals surface area contributed by atoms with Crippen LogP contribution in [0.25, 0.3) is 0 Å². The van der Waals surface area contributed by atoms with E-state index in [0.717, 1.165) is 10.0 Å². The second-order valence-electron chi connectivity index (χ2n) is 4.86. The van der Waals surface area contributed by atoms with Crippen LogP contribution in [0.3, 0.4) is 0 Å². The summed E-state index contributed by atoms with van der Waals surface area (Å²) in [6.45, 7) is 5.58. The molecule has 0 amide bonds. The van der Waals surface area contributed by atoms with E-state index in [2.05, 4.69) is 28.6 Å². The van der Waals surface area contributed by atoms with E-state index in [-0.39, 0.29) is 17.6 Å². The largest absolute Gasteiger partial charge is 0.460 e. The molecule has 1 unspecified atom stereocenters. The van der Waals surface area contributed by atoms with Crippen LogP contribution in [0.4, 0.5) is 0 Å². The number of halogens is 1. The summed E-state index contributed by atoms with van der Waals surface area (Å²) in [4.78, 5) is 11.6. The van der Waals surface area contributed by atoms with Gasteiger partial charge in [-0.05, 0) is 38.5 Å². The number of benzene rings is 1. The Labute approximate surface area is 116 Å². The van der Waals surface area contributed by atoms with Gasteiger partial charge in [-0.1, -0.05) is 28.1 Å². The van der Waals surface area contributed by atoms with Crippen LogP contribution in [0.1, 0.15) is 38.0 Å². The first-order chi connectivity index (χ1) is 7.78. The fourth-order valence-corrected chi connectivity index (χ4v) is 1.93. The number of thiol groups is 1. The molecule has 0 radical (unpaired) electrons. The van der Waals surface area contributed by atoms with Crippen molar-refractivity contribution in [1.29, 1.82) is 0 Å². The maximum absolute atomic E-state index is 11.6. The van der Waals surface area contributed by atoms with Crippen molar-refractivity contribution in [3.05, 3.63) is 34.3 Å². The maximum atomic E-state index is 11.6. The second kappa shape index (κ2) is 5.91. The predicted octanol–water partition coefficient (Wildman–Crippen LogP) is 4.15. The van der Waals surface area contributed by atoms with Crippen LogP contribution >= 0.6 is 28.6 Å². The van der Waals surface area contributed by atoms with Crippen molar-refractivity contribution < 1.29 is 9.53 Å². The summed E-state index contributed by atoms with van der Waals surface area (Å²) in [7, 11) is 0. The Hall–Kier alpha value is -0.480. The van der Waals surface area contributed by atoms with Crippen molar-refractivity contribution in [2.24, 2.45) is 0 Å². The van der Waals surface area contributed by atoms with E-state index >= 15 is 0 Å². The van der Waals surface area contributed by atoms with Crippen molar-refractivity contribution in [1.82, 2.24) is 0 Å². The molecule has 0 fully saturated rings. The molecule has 0 saturated heterocycles. The zero-order chi connectivity index (χ0) is 13.1. The number of ether oxygens (including phenoxy) is 1. The molecule has 1 aromatic carbocycles. The van der Waals surface area contributed by atoms with Gasteiger partial charge >= 0.3 is 5.97 Å². The summed E-state index contributed by atoms with van der Waals surface area (Å²) in [5, 5.41) is -0.127. The molecule has 0 N–H and O–H groups in total. The molecule has 0 spiro atoms. The minimum atomic E-state index is -0.440. The van der Waals surface area contributed by atoms with E-state index < -0.39 is 5.60 Å². The van der Waals surface area contributed by atoms with Gasteiger partial charge in [0.05, 0.1) is 6.42 Å². The number of carbonyl (C=O) groups is 1. The van der Waals surface area contributed by atoms with Gasteiger partial charge in [-0.3, -0.25) is 4.79 Å². The van der Waals surface area contributed by atoms with E-state index in [1.807, 2.05) is 45.0 Å². The Morgan fingerprint density at radius 1 is 1.35 bits per heavy atom. The van der Waals surface area contributed by atoms with Crippen LogP contribution in [0.5, 0.6) is 0 Å². The summed E-state index contributed by atoms with van der Waals surface area (Å²) in [6, 6.07) is 7.78. The SMILES string of the molecule is CC(C)(C)OC(=O)CC(S)c1ccc(Br)cc1. The number of carbonyl (C=O) groups excluding carboxylic acids is 1. The molecular weight excluding hydrogens is 300 g/mol. The van der Waals surface area contributed by atoms with Crippen LogP contribution in [-0.2, 0) is 9.53 Å². The lowest BCUT2D eigenvalue weighted by molar-refractivity contribution is -0.154. The zero-order valence-corrected chi connectivity index (χ0v) is 12.7. The number of hydrogen-bond donors (Lipinski definition) is 1. The predicted molar refractivity (Wildman–Crippen MR) is 76.3 cm³/mol. The van der Waals surface area contributed by atoms with E-state index in [4.69, 9.17) is 4.74 Å². The Kier molecular flexibility index (Phi) is 5.07. The average molecular weight is 317 g/mol. The smallest absolute Gasteiger partial charge is 0.307 e. The molecule has 0 bridgehead atoms. The fraction of sp³-hybridized carbons (Fsp3) is 0.462. The van der Waals surface area contributed by atoms with Crippen molar-refractivity contribution in [2.45, 2.75) is 38.0 Å². The van der Waals surface area contributed by atoms with E-state index in [1.165, 1.54) is 0 Å².